The van der Waals surface area contributed by atoms with Gasteiger partial charge >= 0.3 is 0 Å². The fourth-order valence-electron chi connectivity index (χ4n) is 1.65. The van der Waals surface area contributed by atoms with Crippen LogP contribution in [0.15, 0.2) is 24.3 Å². The molecule has 1 unspecified atom stereocenters. The van der Waals surface area contributed by atoms with E-state index in [1.807, 2.05) is 12.1 Å². The van der Waals surface area contributed by atoms with Crippen LogP contribution in [0, 0.1) is 0 Å². The molecule has 0 amide bonds. The van der Waals surface area contributed by atoms with Crippen LogP contribution < -0.4 is 15.4 Å². The summed E-state index contributed by atoms with van der Waals surface area (Å²) in [6.07, 6.45) is 0. The molecule has 1 aromatic rings. The van der Waals surface area contributed by atoms with Gasteiger partial charge in [-0.3, -0.25) is 0 Å². The maximum atomic E-state index is 5.11. The van der Waals surface area contributed by atoms with E-state index in [-0.39, 0.29) is 0 Å². The second kappa shape index (κ2) is 4.44. The fraction of sp³-hybridized carbons (Fsp3) is 0.455. The Morgan fingerprint density at radius 3 is 2.71 bits per heavy atom. The Kier molecular flexibility index (Phi) is 3.01. The molecule has 3 nitrogen and oxygen atoms in total. The number of nitrogens with zero attached hydrogens (tertiary/aromatic N) is 1. The van der Waals surface area contributed by atoms with Crippen LogP contribution in [0.3, 0.4) is 0 Å². The van der Waals surface area contributed by atoms with Crippen LogP contribution in [0.1, 0.15) is 11.6 Å². The fourth-order valence-corrected chi connectivity index (χ4v) is 1.65. The minimum atomic E-state index is 0.314. The monoisotopic (exact) mass is 191 g/mol. The quantitative estimate of drug-likeness (QED) is 0.755. The van der Waals surface area contributed by atoms with E-state index >= 15 is 0 Å². The molecular weight excluding hydrogens is 176 g/mol. The van der Waals surface area contributed by atoms with Crippen molar-refractivity contribution >= 4 is 0 Å². The van der Waals surface area contributed by atoms with Crippen molar-refractivity contribution in [1.29, 1.82) is 0 Å². The molecule has 0 saturated carbocycles. The van der Waals surface area contributed by atoms with Crippen molar-refractivity contribution < 1.29 is 4.74 Å². The number of rotatable bonds is 2. The molecule has 0 bridgehead atoms. The SMILES string of the molecule is COc1ccc(C2CNCC[N]2)cc1. The van der Waals surface area contributed by atoms with E-state index in [1.54, 1.807) is 7.11 Å². The van der Waals surface area contributed by atoms with Crippen molar-refractivity contribution in [2.24, 2.45) is 0 Å². The van der Waals surface area contributed by atoms with Crippen molar-refractivity contribution in [1.82, 2.24) is 10.6 Å². The molecule has 1 atom stereocenters. The Balaban J connectivity index is 2.07. The maximum Gasteiger partial charge on any atom is 0.118 e. The van der Waals surface area contributed by atoms with Gasteiger partial charge in [-0.2, -0.15) is 0 Å². The lowest BCUT2D eigenvalue weighted by Crippen LogP contribution is -2.38. The third-order valence-corrected chi connectivity index (χ3v) is 2.48. The Morgan fingerprint density at radius 1 is 1.36 bits per heavy atom. The first-order valence-electron chi connectivity index (χ1n) is 4.91. The topological polar surface area (TPSA) is 35.4 Å². The molecule has 0 aliphatic carbocycles. The van der Waals surface area contributed by atoms with Gasteiger partial charge in [0.05, 0.1) is 13.2 Å². The smallest absolute Gasteiger partial charge is 0.118 e. The minimum Gasteiger partial charge on any atom is -0.497 e. The van der Waals surface area contributed by atoms with Gasteiger partial charge < -0.3 is 10.1 Å². The van der Waals surface area contributed by atoms with Crippen molar-refractivity contribution in [3.8, 4) is 5.75 Å². The second-order valence-electron chi connectivity index (χ2n) is 3.40. The van der Waals surface area contributed by atoms with Crippen LogP contribution in [0.4, 0.5) is 0 Å². The zero-order valence-corrected chi connectivity index (χ0v) is 8.36. The summed E-state index contributed by atoms with van der Waals surface area (Å²) in [5.41, 5.74) is 1.26. The average Bonchev–Trinajstić information content (AvgIpc) is 2.30. The number of benzene rings is 1. The molecule has 1 aliphatic rings. The summed E-state index contributed by atoms with van der Waals surface area (Å²) >= 11 is 0. The van der Waals surface area contributed by atoms with Crippen LogP contribution in [0.2, 0.25) is 0 Å². The van der Waals surface area contributed by atoms with Crippen molar-refractivity contribution in [3.63, 3.8) is 0 Å². The summed E-state index contributed by atoms with van der Waals surface area (Å²) in [4.78, 5) is 0. The van der Waals surface area contributed by atoms with E-state index in [4.69, 9.17) is 4.74 Å². The molecule has 75 valence electrons. The highest BCUT2D eigenvalue weighted by atomic mass is 16.5. The van der Waals surface area contributed by atoms with Crippen molar-refractivity contribution in [2.45, 2.75) is 6.04 Å². The number of ether oxygens (including phenoxy) is 1. The lowest BCUT2D eigenvalue weighted by atomic mass is 10.1. The predicted octanol–water partition coefficient (Wildman–Crippen LogP) is 0.944. The molecule has 0 spiro atoms. The third kappa shape index (κ3) is 2.05. The second-order valence-corrected chi connectivity index (χ2v) is 3.40. The highest BCUT2D eigenvalue weighted by molar-refractivity contribution is 5.29. The summed E-state index contributed by atoms with van der Waals surface area (Å²) < 4.78 is 5.11. The molecule has 0 aromatic heterocycles. The van der Waals surface area contributed by atoms with E-state index in [1.165, 1.54) is 5.56 Å². The van der Waals surface area contributed by atoms with Crippen LogP contribution in [-0.4, -0.2) is 26.7 Å². The van der Waals surface area contributed by atoms with E-state index in [0.29, 0.717) is 6.04 Å². The lowest BCUT2D eigenvalue weighted by Gasteiger charge is -2.23. The summed E-state index contributed by atoms with van der Waals surface area (Å²) in [6.45, 7) is 2.87. The first-order chi connectivity index (χ1) is 6.90. The zero-order valence-electron chi connectivity index (χ0n) is 8.36. The number of nitrogens with one attached hydrogen (secondary N) is 1. The zero-order chi connectivity index (χ0) is 9.80. The maximum absolute atomic E-state index is 5.11. The largest absolute Gasteiger partial charge is 0.497 e. The van der Waals surface area contributed by atoms with Crippen molar-refractivity contribution in [3.05, 3.63) is 29.8 Å². The van der Waals surface area contributed by atoms with Gasteiger partial charge in [-0.15, -0.1) is 0 Å². The van der Waals surface area contributed by atoms with Gasteiger partial charge in [0.25, 0.3) is 0 Å². The third-order valence-electron chi connectivity index (χ3n) is 2.48. The Bertz CT molecular complexity index is 278. The Morgan fingerprint density at radius 2 is 2.14 bits per heavy atom. The first kappa shape index (κ1) is 9.49. The van der Waals surface area contributed by atoms with E-state index in [2.05, 4.69) is 22.8 Å². The van der Waals surface area contributed by atoms with Gasteiger partial charge in [0, 0.05) is 19.6 Å². The van der Waals surface area contributed by atoms with Gasteiger partial charge in [-0.05, 0) is 17.7 Å². The van der Waals surface area contributed by atoms with Crippen LogP contribution in [-0.2, 0) is 0 Å². The molecule has 2 rings (SSSR count). The Hall–Kier alpha value is -1.06. The summed E-state index contributed by atoms with van der Waals surface area (Å²) in [5, 5.41) is 7.89. The molecule has 1 fully saturated rings. The predicted molar refractivity (Wildman–Crippen MR) is 55.6 cm³/mol. The molecule has 1 radical (unpaired) electrons. The molecule has 1 heterocycles. The number of methoxy groups -OCH3 is 1. The Labute approximate surface area is 84.5 Å². The number of hydrogen-bond acceptors (Lipinski definition) is 2. The molecule has 14 heavy (non-hydrogen) atoms. The van der Waals surface area contributed by atoms with E-state index in [9.17, 15) is 0 Å². The van der Waals surface area contributed by atoms with E-state index < -0.39 is 0 Å². The van der Waals surface area contributed by atoms with Gasteiger partial charge in [-0.25, -0.2) is 5.32 Å². The molecule has 3 heteroatoms. The lowest BCUT2D eigenvalue weighted by molar-refractivity contribution is 0.410. The van der Waals surface area contributed by atoms with Crippen LogP contribution >= 0.6 is 0 Å². The van der Waals surface area contributed by atoms with E-state index in [0.717, 1.165) is 25.4 Å². The molecule has 1 saturated heterocycles. The normalized spacial score (nSPS) is 21.9. The van der Waals surface area contributed by atoms with Gasteiger partial charge in [0.1, 0.15) is 5.75 Å². The highest BCUT2D eigenvalue weighted by Crippen LogP contribution is 2.18. The van der Waals surface area contributed by atoms with Gasteiger partial charge in [0.2, 0.25) is 0 Å². The standard InChI is InChI=1S/C11H15N2O/c1-14-10-4-2-9(3-5-10)11-8-12-6-7-13-11/h2-5,11-12H,6-8H2,1H3. The summed E-state index contributed by atoms with van der Waals surface area (Å²) in [7, 11) is 1.68. The van der Waals surface area contributed by atoms with Crippen LogP contribution in [0.25, 0.3) is 0 Å². The summed E-state index contributed by atoms with van der Waals surface area (Å²) in [5.74, 6) is 0.900. The molecule has 1 N–H and O–H groups in total. The number of piperazine rings is 1. The molecular formula is C11H15N2O. The number of hydrogen-bond donors (Lipinski definition) is 1. The van der Waals surface area contributed by atoms with Crippen molar-refractivity contribution in [2.75, 3.05) is 26.7 Å². The van der Waals surface area contributed by atoms with Gasteiger partial charge in [0.15, 0.2) is 0 Å². The minimum absolute atomic E-state index is 0.314. The molecule has 1 aliphatic heterocycles. The summed E-state index contributed by atoms with van der Waals surface area (Å²) in [6, 6.07) is 8.45. The van der Waals surface area contributed by atoms with Crippen LogP contribution in [0.5, 0.6) is 5.75 Å². The van der Waals surface area contributed by atoms with Gasteiger partial charge in [-0.1, -0.05) is 12.1 Å². The molecule has 1 aromatic carbocycles. The average molecular weight is 191 g/mol. The highest BCUT2D eigenvalue weighted by Gasteiger charge is 2.14. The first-order valence-corrected chi connectivity index (χ1v) is 4.91.